The molecule has 0 bridgehead atoms. The van der Waals surface area contributed by atoms with Crippen molar-refractivity contribution in [1.82, 2.24) is 5.32 Å². The molecule has 130 valence electrons. The van der Waals surface area contributed by atoms with Crippen molar-refractivity contribution in [1.29, 1.82) is 0 Å². The molecule has 6 heteroatoms. The molecule has 1 heterocycles. The number of aliphatic hydroxyl groups is 4. The number of hydrogen-bond acceptors (Lipinski definition) is 6. The molecule has 1 aliphatic heterocycles. The normalized spacial score (nSPS) is 34.5. The number of nitrogens with one attached hydrogen (secondary N) is 1. The summed E-state index contributed by atoms with van der Waals surface area (Å²) < 4.78 is 5.28. The first-order valence-electron chi connectivity index (χ1n) is 8.11. The van der Waals surface area contributed by atoms with E-state index < -0.39 is 30.2 Å². The van der Waals surface area contributed by atoms with Gasteiger partial charge in [-0.25, -0.2) is 0 Å². The van der Waals surface area contributed by atoms with Crippen LogP contribution in [0.25, 0.3) is 0 Å². The summed E-state index contributed by atoms with van der Waals surface area (Å²) in [6.07, 6.45) is -1.92. The number of unbranched alkanes of at least 4 members (excludes halogenated alkanes) is 1. The van der Waals surface area contributed by atoms with Crippen LogP contribution in [-0.4, -0.2) is 63.7 Å². The molecule has 1 aromatic rings. The highest BCUT2D eigenvalue weighted by atomic mass is 16.7. The van der Waals surface area contributed by atoms with Gasteiger partial charge in [0.05, 0.1) is 0 Å². The second kappa shape index (κ2) is 8.19. The van der Waals surface area contributed by atoms with Crippen molar-refractivity contribution in [3.8, 4) is 0 Å². The Balaban J connectivity index is 1.65. The lowest BCUT2D eigenvalue weighted by molar-refractivity contribution is -0.336. The van der Waals surface area contributed by atoms with Gasteiger partial charge in [0.2, 0.25) is 0 Å². The highest BCUT2D eigenvalue weighted by molar-refractivity contribution is 5.14. The first-order chi connectivity index (χ1) is 10.9. The molecule has 23 heavy (non-hydrogen) atoms. The molecular weight excluding hydrogens is 298 g/mol. The minimum atomic E-state index is -1.86. The fourth-order valence-electron chi connectivity index (χ4n) is 2.80. The first-order valence-corrected chi connectivity index (χ1v) is 8.11. The van der Waals surface area contributed by atoms with Gasteiger partial charge < -0.3 is 30.5 Å². The minimum Gasteiger partial charge on any atom is -0.388 e. The SMILES string of the molecule is C[C@@]1(O)O[C@H](CNCCCCc2ccccc2)[C@H](O)[C@H](O)[C@H]1O. The fourth-order valence-corrected chi connectivity index (χ4v) is 2.80. The summed E-state index contributed by atoms with van der Waals surface area (Å²) in [5.74, 6) is -1.86. The third-order valence-corrected chi connectivity index (χ3v) is 4.25. The van der Waals surface area contributed by atoms with Crippen LogP contribution in [0.2, 0.25) is 0 Å². The van der Waals surface area contributed by atoms with Gasteiger partial charge >= 0.3 is 0 Å². The molecular formula is C17H27NO5. The minimum absolute atomic E-state index is 0.298. The Labute approximate surface area is 136 Å². The smallest absolute Gasteiger partial charge is 0.192 e. The lowest BCUT2D eigenvalue weighted by atomic mass is 9.93. The molecule has 0 aliphatic carbocycles. The van der Waals surface area contributed by atoms with Crippen LogP contribution in [0.1, 0.15) is 25.3 Å². The van der Waals surface area contributed by atoms with Crippen molar-refractivity contribution in [2.45, 2.75) is 56.4 Å². The van der Waals surface area contributed by atoms with E-state index in [0.29, 0.717) is 6.54 Å². The maximum Gasteiger partial charge on any atom is 0.192 e. The second-order valence-corrected chi connectivity index (χ2v) is 6.28. The van der Waals surface area contributed by atoms with Gasteiger partial charge in [0.1, 0.15) is 24.4 Å². The lowest BCUT2D eigenvalue weighted by Gasteiger charge is -2.44. The van der Waals surface area contributed by atoms with Crippen molar-refractivity contribution in [3.63, 3.8) is 0 Å². The molecule has 0 radical (unpaired) electrons. The predicted octanol–water partition coefficient (Wildman–Crippen LogP) is -0.211. The van der Waals surface area contributed by atoms with Gasteiger partial charge in [0, 0.05) is 6.54 Å². The second-order valence-electron chi connectivity index (χ2n) is 6.28. The summed E-state index contributed by atoms with van der Waals surface area (Å²) in [4.78, 5) is 0. The molecule has 2 rings (SSSR count). The third kappa shape index (κ3) is 4.97. The molecule has 0 aromatic heterocycles. The van der Waals surface area contributed by atoms with Gasteiger partial charge in [-0.05, 0) is 38.3 Å². The molecule has 0 unspecified atom stereocenters. The summed E-state index contributed by atoms with van der Waals surface area (Å²) in [5.41, 5.74) is 1.31. The van der Waals surface area contributed by atoms with Crippen molar-refractivity contribution >= 4 is 0 Å². The maximum absolute atomic E-state index is 9.91. The number of benzene rings is 1. The molecule has 1 aliphatic rings. The molecule has 5 N–H and O–H groups in total. The Kier molecular flexibility index (Phi) is 6.52. The van der Waals surface area contributed by atoms with E-state index in [1.54, 1.807) is 0 Å². The summed E-state index contributed by atoms with van der Waals surface area (Å²) in [6, 6.07) is 10.3. The lowest BCUT2D eigenvalue weighted by Crippen LogP contribution is -2.64. The van der Waals surface area contributed by atoms with Crippen molar-refractivity contribution in [3.05, 3.63) is 35.9 Å². The average Bonchev–Trinajstić information content (AvgIpc) is 2.54. The number of aliphatic hydroxyl groups excluding tert-OH is 3. The predicted molar refractivity (Wildman–Crippen MR) is 85.8 cm³/mol. The zero-order valence-electron chi connectivity index (χ0n) is 13.4. The van der Waals surface area contributed by atoms with Crippen LogP contribution in [0.15, 0.2) is 30.3 Å². The molecule has 0 spiro atoms. The monoisotopic (exact) mass is 325 g/mol. The zero-order chi connectivity index (χ0) is 16.9. The van der Waals surface area contributed by atoms with E-state index in [1.165, 1.54) is 12.5 Å². The van der Waals surface area contributed by atoms with E-state index in [2.05, 4.69) is 17.4 Å². The van der Waals surface area contributed by atoms with Crippen molar-refractivity contribution < 1.29 is 25.2 Å². The highest BCUT2D eigenvalue weighted by Gasteiger charge is 2.49. The Morgan fingerprint density at radius 2 is 1.78 bits per heavy atom. The molecule has 1 fully saturated rings. The quantitative estimate of drug-likeness (QED) is 0.445. The number of aryl methyl sites for hydroxylation is 1. The van der Waals surface area contributed by atoms with Gasteiger partial charge in [0.15, 0.2) is 5.79 Å². The van der Waals surface area contributed by atoms with E-state index >= 15 is 0 Å². The van der Waals surface area contributed by atoms with E-state index in [1.807, 2.05) is 18.2 Å². The van der Waals surface area contributed by atoms with Crippen LogP contribution < -0.4 is 5.32 Å². The highest BCUT2D eigenvalue weighted by Crippen LogP contribution is 2.27. The molecule has 1 saturated heterocycles. The van der Waals surface area contributed by atoms with Gasteiger partial charge in [-0.3, -0.25) is 0 Å². The zero-order valence-corrected chi connectivity index (χ0v) is 13.4. The van der Waals surface area contributed by atoms with Crippen LogP contribution in [0.3, 0.4) is 0 Å². The largest absolute Gasteiger partial charge is 0.388 e. The molecule has 0 saturated carbocycles. The Morgan fingerprint density at radius 3 is 2.48 bits per heavy atom. The standard InChI is InChI=1S/C17H27NO5/c1-17(22)16(21)15(20)14(19)13(23-17)11-18-10-6-5-9-12-7-3-2-4-8-12/h2-4,7-8,13-16,18-22H,5-6,9-11H2,1H3/t13-,14+,15+,16-,17-/m1/s1. The van der Waals surface area contributed by atoms with Crippen LogP contribution in [0.4, 0.5) is 0 Å². The van der Waals surface area contributed by atoms with Crippen LogP contribution in [0, 0.1) is 0 Å². The third-order valence-electron chi connectivity index (χ3n) is 4.25. The molecule has 6 nitrogen and oxygen atoms in total. The van der Waals surface area contributed by atoms with E-state index in [9.17, 15) is 20.4 Å². The number of hydrogen-bond donors (Lipinski definition) is 5. The fraction of sp³-hybridized carbons (Fsp3) is 0.647. The van der Waals surface area contributed by atoms with E-state index in [0.717, 1.165) is 25.8 Å². The summed E-state index contributed by atoms with van der Waals surface area (Å²) >= 11 is 0. The van der Waals surface area contributed by atoms with E-state index in [4.69, 9.17) is 4.74 Å². The van der Waals surface area contributed by atoms with E-state index in [-0.39, 0.29) is 0 Å². The van der Waals surface area contributed by atoms with Gasteiger partial charge in [-0.1, -0.05) is 30.3 Å². The van der Waals surface area contributed by atoms with Crippen molar-refractivity contribution in [2.24, 2.45) is 0 Å². The Hall–Kier alpha value is -1.02. The first kappa shape index (κ1) is 18.3. The van der Waals surface area contributed by atoms with Crippen LogP contribution in [-0.2, 0) is 11.2 Å². The maximum atomic E-state index is 9.91. The number of rotatable bonds is 7. The Morgan fingerprint density at radius 1 is 1.09 bits per heavy atom. The van der Waals surface area contributed by atoms with Crippen LogP contribution in [0.5, 0.6) is 0 Å². The molecule has 1 aromatic carbocycles. The van der Waals surface area contributed by atoms with Gasteiger partial charge in [-0.2, -0.15) is 0 Å². The summed E-state index contributed by atoms with van der Waals surface area (Å²) in [6.45, 7) is 2.33. The number of ether oxygens (including phenoxy) is 1. The summed E-state index contributed by atoms with van der Waals surface area (Å²) in [5, 5.41) is 42.3. The molecule has 5 atom stereocenters. The molecule has 0 amide bonds. The van der Waals surface area contributed by atoms with Gasteiger partial charge in [0.25, 0.3) is 0 Å². The van der Waals surface area contributed by atoms with Crippen molar-refractivity contribution in [2.75, 3.05) is 13.1 Å². The average molecular weight is 325 g/mol. The van der Waals surface area contributed by atoms with Crippen LogP contribution >= 0.6 is 0 Å². The Bertz CT molecular complexity index is 467. The summed E-state index contributed by atoms with van der Waals surface area (Å²) in [7, 11) is 0. The van der Waals surface area contributed by atoms with Gasteiger partial charge in [-0.15, -0.1) is 0 Å². The topological polar surface area (TPSA) is 102 Å².